The third-order valence-electron chi connectivity index (χ3n) is 2.53. The SMILES string of the molecule is COCC1=C[C@H](c2ccc(F)c(F)c2)NC(=O)N1. The predicted octanol–water partition coefficient (Wildman–Crippen LogP) is 1.85. The highest BCUT2D eigenvalue weighted by Crippen LogP contribution is 2.20. The fourth-order valence-electron chi connectivity index (χ4n) is 1.73. The van der Waals surface area contributed by atoms with Crippen molar-refractivity contribution in [2.45, 2.75) is 6.04 Å². The first-order valence-corrected chi connectivity index (χ1v) is 5.32. The van der Waals surface area contributed by atoms with Gasteiger partial charge >= 0.3 is 6.03 Å². The van der Waals surface area contributed by atoms with Gasteiger partial charge in [-0.2, -0.15) is 0 Å². The molecule has 0 aliphatic carbocycles. The maximum atomic E-state index is 13.1. The van der Waals surface area contributed by atoms with Gasteiger partial charge in [0.05, 0.1) is 12.6 Å². The van der Waals surface area contributed by atoms with Crippen LogP contribution in [0, 0.1) is 11.6 Å². The lowest BCUT2D eigenvalue weighted by Gasteiger charge is -2.23. The third kappa shape index (κ3) is 2.65. The van der Waals surface area contributed by atoms with Crippen LogP contribution in [-0.4, -0.2) is 19.7 Å². The molecule has 2 amide bonds. The number of urea groups is 1. The number of carbonyl (C=O) groups excluding carboxylic acids is 1. The lowest BCUT2D eigenvalue weighted by Crippen LogP contribution is -2.42. The Morgan fingerprint density at radius 3 is 2.78 bits per heavy atom. The molecule has 1 aliphatic heterocycles. The first-order valence-electron chi connectivity index (χ1n) is 5.32. The molecule has 2 N–H and O–H groups in total. The van der Waals surface area contributed by atoms with E-state index in [1.54, 1.807) is 6.08 Å². The highest BCUT2D eigenvalue weighted by Gasteiger charge is 2.20. The second-order valence-corrected chi connectivity index (χ2v) is 3.87. The molecule has 0 fully saturated rings. The minimum absolute atomic E-state index is 0.244. The topological polar surface area (TPSA) is 50.4 Å². The van der Waals surface area contributed by atoms with Crippen molar-refractivity contribution in [1.29, 1.82) is 0 Å². The number of benzene rings is 1. The summed E-state index contributed by atoms with van der Waals surface area (Å²) in [7, 11) is 1.50. The van der Waals surface area contributed by atoms with Crippen LogP contribution in [0.25, 0.3) is 0 Å². The predicted molar refractivity (Wildman–Crippen MR) is 60.7 cm³/mol. The Labute approximate surface area is 103 Å². The van der Waals surface area contributed by atoms with E-state index in [9.17, 15) is 13.6 Å². The fourth-order valence-corrected chi connectivity index (χ4v) is 1.73. The van der Waals surface area contributed by atoms with E-state index in [4.69, 9.17) is 4.74 Å². The van der Waals surface area contributed by atoms with Crippen molar-refractivity contribution < 1.29 is 18.3 Å². The van der Waals surface area contributed by atoms with Crippen molar-refractivity contribution in [2.75, 3.05) is 13.7 Å². The van der Waals surface area contributed by atoms with E-state index in [2.05, 4.69) is 10.6 Å². The molecule has 0 saturated heterocycles. The Kier molecular flexibility index (Phi) is 3.57. The summed E-state index contributed by atoms with van der Waals surface area (Å²) >= 11 is 0. The quantitative estimate of drug-likeness (QED) is 0.864. The van der Waals surface area contributed by atoms with E-state index in [1.807, 2.05) is 0 Å². The summed E-state index contributed by atoms with van der Waals surface area (Å²) in [5.74, 6) is -1.86. The number of amides is 2. The molecule has 0 spiro atoms. The van der Waals surface area contributed by atoms with Crippen molar-refractivity contribution in [3.05, 3.63) is 47.2 Å². The van der Waals surface area contributed by atoms with Crippen molar-refractivity contribution in [1.82, 2.24) is 10.6 Å². The summed E-state index contributed by atoms with van der Waals surface area (Å²) < 4.78 is 30.9. The first-order chi connectivity index (χ1) is 8.60. The van der Waals surface area contributed by atoms with Gasteiger partial charge in [-0.25, -0.2) is 13.6 Å². The summed E-state index contributed by atoms with van der Waals surface area (Å²) in [6, 6.07) is 2.61. The smallest absolute Gasteiger partial charge is 0.319 e. The molecule has 0 bridgehead atoms. The van der Waals surface area contributed by atoms with Gasteiger partial charge in [-0.15, -0.1) is 0 Å². The molecule has 2 rings (SSSR count). The monoisotopic (exact) mass is 254 g/mol. The van der Waals surface area contributed by atoms with Crippen molar-refractivity contribution in [2.24, 2.45) is 0 Å². The maximum absolute atomic E-state index is 13.1. The molecule has 1 aromatic rings. The molecule has 0 radical (unpaired) electrons. The zero-order valence-corrected chi connectivity index (χ0v) is 9.67. The Bertz CT molecular complexity index is 503. The van der Waals surface area contributed by atoms with Gasteiger partial charge in [0, 0.05) is 12.8 Å². The number of hydrogen-bond acceptors (Lipinski definition) is 2. The van der Waals surface area contributed by atoms with Gasteiger partial charge in [0.1, 0.15) is 0 Å². The van der Waals surface area contributed by atoms with Gasteiger partial charge < -0.3 is 15.4 Å². The number of methoxy groups -OCH3 is 1. The molecule has 18 heavy (non-hydrogen) atoms. The second kappa shape index (κ2) is 5.14. The molecule has 1 heterocycles. The largest absolute Gasteiger partial charge is 0.378 e. The Balaban J connectivity index is 2.28. The molecule has 6 heteroatoms. The molecule has 0 unspecified atom stereocenters. The molecule has 0 saturated carbocycles. The van der Waals surface area contributed by atoms with Crippen LogP contribution in [0.15, 0.2) is 30.0 Å². The van der Waals surface area contributed by atoms with Gasteiger partial charge in [-0.1, -0.05) is 6.07 Å². The molecule has 1 aliphatic rings. The molecule has 96 valence electrons. The molecule has 0 aromatic heterocycles. The Hall–Kier alpha value is -1.95. The van der Waals surface area contributed by atoms with Crippen LogP contribution in [0.1, 0.15) is 11.6 Å². The minimum Gasteiger partial charge on any atom is -0.378 e. The van der Waals surface area contributed by atoms with Crippen LogP contribution in [0.5, 0.6) is 0 Å². The standard InChI is InChI=1S/C12H12F2N2O2/c1-18-6-8-5-11(16-12(17)15-8)7-2-3-9(13)10(14)4-7/h2-5,11H,6H2,1H3,(H2,15,16,17)/t11-/m1/s1. The maximum Gasteiger partial charge on any atom is 0.319 e. The van der Waals surface area contributed by atoms with Crippen LogP contribution in [0.3, 0.4) is 0 Å². The third-order valence-corrected chi connectivity index (χ3v) is 2.53. The minimum atomic E-state index is -0.943. The molecular formula is C12H12F2N2O2. The van der Waals surface area contributed by atoms with Crippen molar-refractivity contribution >= 4 is 6.03 Å². The zero-order chi connectivity index (χ0) is 13.1. The lowest BCUT2D eigenvalue weighted by molar-refractivity contribution is 0.210. The summed E-state index contributed by atoms with van der Waals surface area (Å²) in [6.07, 6.45) is 1.69. The molecule has 1 aromatic carbocycles. The fraction of sp³-hybridized carbons (Fsp3) is 0.250. The van der Waals surface area contributed by atoms with E-state index in [1.165, 1.54) is 13.2 Å². The van der Waals surface area contributed by atoms with Crippen LogP contribution >= 0.6 is 0 Å². The molecule has 4 nitrogen and oxygen atoms in total. The Morgan fingerprint density at radius 1 is 1.33 bits per heavy atom. The van der Waals surface area contributed by atoms with Crippen LogP contribution in [0.2, 0.25) is 0 Å². The normalized spacial score (nSPS) is 18.9. The van der Waals surface area contributed by atoms with Crippen LogP contribution in [0.4, 0.5) is 13.6 Å². The average molecular weight is 254 g/mol. The summed E-state index contributed by atoms with van der Waals surface area (Å²) in [6.45, 7) is 0.244. The van der Waals surface area contributed by atoms with E-state index in [-0.39, 0.29) is 6.61 Å². The van der Waals surface area contributed by atoms with Crippen LogP contribution < -0.4 is 10.6 Å². The Morgan fingerprint density at radius 2 is 2.11 bits per heavy atom. The average Bonchev–Trinajstić information content (AvgIpc) is 2.32. The van der Waals surface area contributed by atoms with E-state index in [0.717, 1.165) is 12.1 Å². The lowest BCUT2D eigenvalue weighted by atomic mass is 10.0. The van der Waals surface area contributed by atoms with Gasteiger partial charge in [0.2, 0.25) is 0 Å². The highest BCUT2D eigenvalue weighted by atomic mass is 19.2. The van der Waals surface area contributed by atoms with Crippen molar-refractivity contribution in [3.8, 4) is 0 Å². The summed E-state index contributed by atoms with van der Waals surface area (Å²) in [5.41, 5.74) is 1.05. The van der Waals surface area contributed by atoms with E-state index >= 15 is 0 Å². The van der Waals surface area contributed by atoms with Gasteiger partial charge in [-0.3, -0.25) is 0 Å². The van der Waals surface area contributed by atoms with Crippen molar-refractivity contribution in [3.63, 3.8) is 0 Å². The number of carbonyl (C=O) groups is 1. The van der Waals surface area contributed by atoms with E-state index < -0.39 is 23.7 Å². The number of hydrogen-bond donors (Lipinski definition) is 2. The highest BCUT2D eigenvalue weighted by molar-refractivity contribution is 5.78. The van der Waals surface area contributed by atoms with Gasteiger partial charge in [-0.05, 0) is 23.8 Å². The molecular weight excluding hydrogens is 242 g/mol. The first kappa shape index (κ1) is 12.5. The zero-order valence-electron chi connectivity index (χ0n) is 9.67. The van der Waals surface area contributed by atoms with Crippen LogP contribution in [-0.2, 0) is 4.74 Å². The molecule has 1 atom stereocenters. The van der Waals surface area contributed by atoms with Gasteiger partial charge in [0.15, 0.2) is 11.6 Å². The van der Waals surface area contributed by atoms with E-state index in [0.29, 0.717) is 11.3 Å². The number of nitrogens with one attached hydrogen (secondary N) is 2. The number of halogens is 2. The van der Waals surface area contributed by atoms with Gasteiger partial charge in [0.25, 0.3) is 0 Å². The summed E-state index contributed by atoms with van der Waals surface area (Å²) in [5, 5.41) is 5.16. The number of rotatable bonds is 3. The second-order valence-electron chi connectivity index (χ2n) is 3.87. The summed E-state index contributed by atoms with van der Waals surface area (Å²) in [4.78, 5) is 11.4. The number of ether oxygens (including phenoxy) is 1.